The number of nitrogens with one attached hydrogen (secondary N) is 1. The van der Waals surface area contributed by atoms with E-state index >= 15 is 0 Å². The number of fused-ring (bicyclic) bond motifs is 3. The third-order valence-electron chi connectivity index (χ3n) is 4.96. The average Bonchev–Trinajstić information content (AvgIpc) is 2.91. The third-order valence-corrected chi connectivity index (χ3v) is 5.18. The lowest BCUT2D eigenvalue weighted by atomic mass is 9.88. The number of halogens is 3. The highest BCUT2D eigenvalue weighted by atomic mass is 35.5. The molecule has 2 unspecified atom stereocenters. The highest BCUT2D eigenvalue weighted by Crippen LogP contribution is 2.48. The van der Waals surface area contributed by atoms with Gasteiger partial charge in [-0.15, -0.1) is 0 Å². The SMILES string of the molecule is CN(C)c1cc(-c2c(F)cc(Cl)cc2F)cc2c1OC1CCNCC21. The maximum atomic E-state index is 14.4. The predicted octanol–water partition coefficient (Wildman–Crippen LogP) is 4.19. The van der Waals surface area contributed by atoms with E-state index in [-0.39, 0.29) is 22.6 Å². The van der Waals surface area contributed by atoms with E-state index in [2.05, 4.69) is 5.32 Å². The molecule has 2 aliphatic rings. The molecule has 2 aromatic carbocycles. The summed E-state index contributed by atoms with van der Waals surface area (Å²) in [6.07, 6.45) is 1.04. The molecule has 3 nitrogen and oxygen atoms in total. The molecule has 6 heteroatoms. The largest absolute Gasteiger partial charge is 0.487 e. The maximum absolute atomic E-state index is 14.4. The fourth-order valence-corrected chi connectivity index (χ4v) is 3.96. The smallest absolute Gasteiger partial charge is 0.146 e. The van der Waals surface area contributed by atoms with Crippen molar-refractivity contribution >= 4 is 17.3 Å². The second kappa shape index (κ2) is 6.15. The van der Waals surface area contributed by atoms with Crippen LogP contribution in [0, 0.1) is 11.6 Å². The Balaban J connectivity index is 1.91. The molecule has 0 amide bonds. The van der Waals surface area contributed by atoms with E-state index in [1.807, 2.05) is 25.1 Å². The molecule has 0 aromatic heterocycles. The first kappa shape index (κ1) is 16.6. The second-order valence-corrected chi connectivity index (χ2v) is 7.24. The van der Waals surface area contributed by atoms with Crippen molar-refractivity contribution in [3.63, 3.8) is 0 Å². The van der Waals surface area contributed by atoms with Gasteiger partial charge in [-0.1, -0.05) is 11.6 Å². The zero-order chi connectivity index (χ0) is 17.7. The van der Waals surface area contributed by atoms with Crippen molar-refractivity contribution in [2.45, 2.75) is 18.4 Å². The number of anilines is 1. The zero-order valence-corrected chi connectivity index (χ0v) is 14.8. The molecule has 0 aliphatic carbocycles. The van der Waals surface area contributed by atoms with E-state index in [0.717, 1.165) is 48.6 Å². The van der Waals surface area contributed by atoms with Gasteiger partial charge in [-0.05, 0) is 42.8 Å². The van der Waals surface area contributed by atoms with E-state index in [1.54, 1.807) is 6.07 Å². The average molecular weight is 365 g/mol. The summed E-state index contributed by atoms with van der Waals surface area (Å²) in [5.41, 5.74) is 2.29. The Kier molecular flexibility index (Phi) is 4.08. The van der Waals surface area contributed by atoms with Crippen LogP contribution in [0.4, 0.5) is 14.5 Å². The van der Waals surface area contributed by atoms with Crippen molar-refractivity contribution in [1.29, 1.82) is 0 Å². The van der Waals surface area contributed by atoms with Crippen LogP contribution in [0.25, 0.3) is 11.1 Å². The number of piperidine rings is 1. The molecule has 0 radical (unpaired) electrons. The molecule has 1 fully saturated rings. The van der Waals surface area contributed by atoms with Gasteiger partial charge in [-0.25, -0.2) is 8.78 Å². The molecule has 2 heterocycles. The summed E-state index contributed by atoms with van der Waals surface area (Å²) in [6, 6.07) is 5.92. The molecule has 0 saturated carbocycles. The minimum absolute atomic E-state index is 0.0487. The number of benzene rings is 2. The summed E-state index contributed by atoms with van der Waals surface area (Å²) in [4.78, 5) is 1.92. The van der Waals surface area contributed by atoms with Crippen molar-refractivity contribution in [2.24, 2.45) is 0 Å². The monoisotopic (exact) mass is 364 g/mol. The lowest BCUT2D eigenvalue weighted by molar-refractivity contribution is 0.173. The summed E-state index contributed by atoms with van der Waals surface area (Å²) >= 11 is 5.76. The van der Waals surface area contributed by atoms with Crippen molar-refractivity contribution in [3.8, 4) is 16.9 Å². The Labute approximate surface area is 150 Å². The van der Waals surface area contributed by atoms with Gasteiger partial charge in [0.1, 0.15) is 23.5 Å². The summed E-state index contributed by atoms with van der Waals surface area (Å²) < 4.78 is 35.0. The van der Waals surface area contributed by atoms with Crippen molar-refractivity contribution in [2.75, 3.05) is 32.1 Å². The fraction of sp³-hybridized carbons (Fsp3) is 0.368. The minimum Gasteiger partial charge on any atom is -0.487 e. The van der Waals surface area contributed by atoms with Crippen LogP contribution in [0.1, 0.15) is 17.9 Å². The number of hydrogen-bond acceptors (Lipinski definition) is 3. The zero-order valence-electron chi connectivity index (χ0n) is 14.1. The van der Waals surface area contributed by atoms with Gasteiger partial charge in [0.25, 0.3) is 0 Å². The molecule has 1 saturated heterocycles. The summed E-state index contributed by atoms with van der Waals surface area (Å²) in [7, 11) is 3.80. The molecule has 0 spiro atoms. The third kappa shape index (κ3) is 2.75. The molecule has 0 bridgehead atoms. The molecule has 4 rings (SSSR count). The Morgan fingerprint density at radius 3 is 2.56 bits per heavy atom. The van der Waals surface area contributed by atoms with E-state index in [1.165, 1.54) is 0 Å². The van der Waals surface area contributed by atoms with Crippen LogP contribution in [0.15, 0.2) is 24.3 Å². The standard InChI is InChI=1S/C19H19ClF2N2O/c1-24(2)16-6-10(18-14(21)7-11(20)8-15(18)22)5-12-13-9-23-4-3-17(13)25-19(12)16/h5-8,13,17,23H,3-4,9H2,1-2H3. The Morgan fingerprint density at radius 1 is 1.16 bits per heavy atom. The normalized spacial score (nSPS) is 21.5. The van der Waals surface area contributed by atoms with Crippen molar-refractivity contribution in [3.05, 3.63) is 46.5 Å². The van der Waals surface area contributed by atoms with Crippen LogP contribution in [0.3, 0.4) is 0 Å². The molecule has 2 aromatic rings. The Bertz CT molecular complexity index is 817. The van der Waals surface area contributed by atoms with E-state index in [0.29, 0.717) is 5.56 Å². The highest BCUT2D eigenvalue weighted by Gasteiger charge is 2.38. The molecular weight excluding hydrogens is 346 g/mol. The lowest BCUT2D eigenvalue weighted by Crippen LogP contribution is -2.37. The van der Waals surface area contributed by atoms with Gasteiger partial charge in [0.15, 0.2) is 0 Å². The Hall–Kier alpha value is -1.85. The first-order valence-electron chi connectivity index (χ1n) is 8.33. The summed E-state index contributed by atoms with van der Waals surface area (Å²) in [5.74, 6) is -0.304. The van der Waals surface area contributed by atoms with E-state index < -0.39 is 11.6 Å². The predicted molar refractivity (Wildman–Crippen MR) is 95.8 cm³/mol. The van der Waals surface area contributed by atoms with Gasteiger partial charge < -0.3 is 15.0 Å². The van der Waals surface area contributed by atoms with Crippen LogP contribution < -0.4 is 15.0 Å². The number of ether oxygens (including phenoxy) is 1. The summed E-state index contributed by atoms with van der Waals surface area (Å²) in [5, 5.41) is 3.42. The first-order valence-corrected chi connectivity index (χ1v) is 8.71. The van der Waals surface area contributed by atoms with Gasteiger partial charge in [-0.3, -0.25) is 0 Å². The van der Waals surface area contributed by atoms with Crippen molar-refractivity contribution in [1.82, 2.24) is 5.32 Å². The van der Waals surface area contributed by atoms with Crippen molar-refractivity contribution < 1.29 is 13.5 Å². The van der Waals surface area contributed by atoms with Gasteiger partial charge in [0.2, 0.25) is 0 Å². The van der Waals surface area contributed by atoms with Crippen LogP contribution in [-0.2, 0) is 0 Å². The van der Waals surface area contributed by atoms with Gasteiger partial charge in [-0.2, -0.15) is 0 Å². The molecule has 132 valence electrons. The maximum Gasteiger partial charge on any atom is 0.146 e. The first-order chi connectivity index (χ1) is 12.0. The fourth-order valence-electron chi connectivity index (χ4n) is 3.77. The van der Waals surface area contributed by atoms with Gasteiger partial charge in [0.05, 0.1) is 11.3 Å². The number of rotatable bonds is 2. The molecule has 2 aliphatic heterocycles. The minimum atomic E-state index is -0.660. The Morgan fingerprint density at radius 2 is 1.88 bits per heavy atom. The number of hydrogen-bond donors (Lipinski definition) is 1. The second-order valence-electron chi connectivity index (χ2n) is 6.81. The number of nitrogens with zero attached hydrogens (tertiary/aromatic N) is 1. The van der Waals surface area contributed by atoms with Crippen LogP contribution in [0.5, 0.6) is 5.75 Å². The van der Waals surface area contributed by atoms with Crippen LogP contribution in [-0.4, -0.2) is 33.3 Å². The lowest BCUT2D eigenvalue weighted by Gasteiger charge is -2.24. The molecule has 2 atom stereocenters. The van der Waals surface area contributed by atoms with Crippen LogP contribution >= 0.6 is 11.6 Å². The molecular formula is C19H19ClF2N2O. The summed E-state index contributed by atoms with van der Waals surface area (Å²) in [6.45, 7) is 1.72. The quantitative estimate of drug-likeness (QED) is 0.864. The van der Waals surface area contributed by atoms with Gasteiger partial charge >= 0.3 is 0 Å². The topological polar surface area (TPSA) is 24.5 Å². The highest BCUT2D eigenvalue weighted by molar-refractivity contribution is 6.30. The van der Waals surface area contributed by atoms with Crippen LogP contribution in [0.2, 0.25) is 5.02 Å². The van der Waals surface area contributed by atoms with E-state index in [9.17, 15) is 8.78 Å². The van der Waals surface area contributed by atoms with E-state index in [4.69, 9.17) is 16.3 Å². The molecule has 1 N–H and O–H groups in total. The van der Waals surface area contributed by atoms with Gasteiger partial charge in [0, 0.05) is 37.1 Å². The molecule has 25 heavy (non-hydrogen) atoms.